The summed E-state index contributed by atoms with van der Waals surface area (Å²) in [5, 5.41) is 8.54. The van der Waals surface area contributed by atoms with Gasteiger partial charge in [0.1, 0.15) is 5.15 Å². The van der Waals surface area contributed by atoms with Crippen LogP contribution in [0.3, 0.4) is 0 Å². The molecule has 0 aliphatic carbocycles. The first kappa shape index (κ1) is 15.3. The molecule has 0 fully saturated rings. The van der Waals surface area contributed by atoms with E-state index in [-0.39, 0.29) is 5.41 Å². The van der Waals surface area contributed by atoms with Crippen molar-refractivity contribution in [1.82, 2.24) is 15.1 Å². The minimum Gasteiger partial charge on any atom is -0.316 e. The van der Waals surface area contributed by atoms with Crippen molar-refractivity contribution in [3.05, 3.63) is 29.1 Å². The van der Waals surface area contributed by atoms with Crippen LogP contribution in [0.1, 0.15) is 31.5 Å². The van der Waals surface area contributed by atoms with Gasteiger partial charge in [-0.15, -0.1) is 6.58 Å². The van der Waals surface area contributed by atoms with Gasteiger partial charge in [-0.2, -0.15) is 5.10 Å². The molecule has 0 saturated carbocycles. The van der Waals surface area contributed by atoms with E-state index in [1.165, 1.54) is 0 Å². The van der Waals surface area contributed by atoms with Gasteiger partial charge in [-0.05, 0) is 26.3 Å². The molecule has 102 valence electrons. The summed E-state index contributed by atoms with van der Waals surface area (Å²) in [5.41, 5.74) is 2.14. The van der Waals surface area contributed by atoms with E-state index >= 15 is 0 Å². The van der Waals surface area contributed by atoms with Crippen molar-refractivity contribution in [1.29, 1.82) is 0 Å². The maximum Gasteiger partial charge on any atom is 0.130 e. The van der Waals surface area contributed by atoms with Crippen LogP contribution in [-0.4, -0.2) is 22.9 Å². The second-order valence-electron chi connectivity index (χ2n) is 5.19. The van der Waals surface area contributed by atoms with Crippen LogP contribution in [0.2, 0.25) is 5.15 Å². The van der Waals surface area contributed by atoms with Crippen molar-refractivity contribution in [3.63, 3.8) is 0 Å². The molecule has 0 saturated heterocycles. The van der Waals surface area contributed by atoms with Crippen LogP contribution < -0.4 is 5.32 Å². The lowest BCUT2D eigenvalue weighted by molar-refractivity contribution is 0.391. The smallest absolute Gasteiger partial charge is 0.130 e. The lowest BCUT2D eigenvalue weighted by atomic mass is 9.83. The fraction of sp³-hybridized carbons (Fsp3) is 0.643. The molecule has 0 spiro atoms. The molecule has 1 unspecified atom stereocenters. The highest BCUT2D eigenvalue weighted by Gasteiger charge is 2.24. The fourth-order valence-electron chi connectivity index (χ4n) is 2.04. The first-order valence-electron chi connectivity index (χ1n) is 6.46. The average Bonchev–Trinajstić information content (AvgIpc) is 2.56. The lowest BCUT2D eigenvalue weighted by Gasteiger charge is -2.26. The average molecular weight is 270 g/mol. The molecule has 0 aliphatic heterocycles. The highest BCUT2D eigenvalue weighted by molar-refractivity contribution is 6.30. The van der Waals surface area contributed by atoms with E-state index in [4.69, 9.17) is 11.6 Å². The summed E-state index contributed by atoms with van der Waals surface area (Å²) in [4.78, 5) is 0. The van der Waals surface area contributed by atoms with Gasteiger partial charge in [-0.25, -0.2) is 0 Å². The highest BCUT2D eigenvalue weighted by atomic mass is 35.5. The number of hydrogen-bond donors (Lipinski definition) is 1. The van der Waals surface area contributed by atoms with Crippen molar-refractivity contribution < 1.29 is 0 Å². The number of halogens is 1. The fourth-order valence-corrected chi connectivity index (χ4v) is 2.28. The summed E-state index contributed by atoms with van der Waals surface area (Å²) in [5.74, 6) is 0. The molecule has 4 heteroatoms. The molecule has 1 atom stereocenters. The first-order valence-corrected chi connectivity index (χ1v) is 6.83. The Balaban J connectivity index is 2.81. The van der Waals surface area contributed by atoms with E-state index in [1.54, 1.807) is 4.68 Å². The molecule has 0 radical (unpaired) electrons. The number of nitrogens with one attached hydrogen (secondary N) is 1. The molecule has 0 bridgehead atoms. The van der Waals surface area contributed by atoms with Crippen molar-refractivity contribution in [2.45, 2.75) is 33.6 Å². The quantitative estimate of drug-likeness (QED) is 0.609. The minimum atomic E-state index is 0.00655. The van der Waals surface area contributed by atoms with Gasteiger partial charge >= 0.3 is 0 Å². The maximum atomic E-state index is 6.28. The summed E-state index contributed by atoms with van der Waals surface area (Å²) in [6.45, 7) is 12.3. The normalized spacial score (nSPS) is 14.5. The Morgan fingerprint density at radius 1 is 1.56 bits per heavy atom. The predicted molar refractivity (Wildman–Crippen MR) is 78.1 cm³/mol. The van der Waals surface area contributed by atoms with Gasteiger partial charge in [0.05, 0.1) is 5.69 Å². The van der Waals surface area contributed by atoms with Gasteiger partial charge in [-0.1, -0.05) is 31.5 Å². The molecule has 3 nitrogen and oxygen atoms in total. The van der Waals surface area contributed by atoms with E-state index in [9.17, 15) is 0 Å². The Hall–Kier alpha value is -0.800. The van der Waals surface area contributed by atoms with Gasteiger partial charge in [0, 0.05) is 24.6 Å². The third-order valence-corrected chi connectivity index (χ3v) is 3.77. The van der Waals surface area contributed by atoms with Gasteiger partial charge in [-0.3, -0.25) is 4.68 Å². The number of rotatable bonds is 7. The molecule has 1 N–H and O–H groups in total. The van der Waals surface area contributed by atoms with Gasteiger partial charge in [0.2, 0.25) is 0 Å². The van der Waals surface area contributed by atoms with E-state index in [0.29, 0.717) is 0 Å². The third-order valence-electron chi connectivity index (χ3n) is 3.30. The van der Waals surface area contributed by atoms with Crippen LogP contribution >= 0.6 is 11.6 Å². The largest absolute Gasteiger partial charge is 0.316 e. The highest BCUT2D eigenvalue weighted by Crippen LogP contribution is 2.29. The summed E-state index contributed by atoms with van der Waals surface area (Å²) in [7, 11) is 1.87. The van der Waals surface area contributed by atoms with E-state index in [0.717, 1.165) is 42.3 Å². The van der Waals surface area contributed by atoms with E-state index in [2.05, 4.69) is 30.8 Å². The van der Waals surface area contributed by atoms with Crippen molar-refractivity contribution >= 4 is 11.6 Å². The Bertz CT molecular complexity index is 411. The zero-order chi connectivity index (χ0) is 13.8. The molecule has 0 aliphatic rings. The minimum absolute atomic E-state index is 0.00655. The molecular weight excluding hydrogens is 246 g/mol. The molecule has 1 aromatic heterocycles. The van der Waals surface area contributed by atoms with Crippen LogP contribution in [0.25, 0.3) is 0 Å². The number of hydrogen-bond acceptors (Lipinski definition) is 2. The molecular formula is C14H24ClN3. The zero-order valence-electron chi connectivity index (χ0n) is 11.9. The Morgan fingerprint density at radius 3 is 2.67 bits per heavy atom. The molecule has 18 heavy (non-hydrogen) atoms. The molecule has 1 rings (SSSR count). The van der Waals surface area contributed by atoms with Crippen molar-refractivity contribution in [2.24, 2.45) is 12.5 Å². The second-order valence-corrected chi connectivity index (χ2v) is 5.55. The van der Waals surface area contributed by atoms with Crippen LogP contribution in [0.5, 0.6) is 0 Å². The topological polar surface area (TPSA) is 29.9 Å². The maximum absolute atomic E-state index is 6.28. The molecule has 1 heterocycles. The summed E-state index contributed by atoms with van der Waals surface area (Å²) in [6, 6.07) is 0. The third kappa shape index (κ3) is 3.59. The predicted octanol–water partition coefficient (Wildman–Crippen LogP) is 3.12. The first-order chi connectivity index (χ1) is 8.43. The second kappa shape index (κ2) is 6.39. The van der Waals surface area contributed by atoms with Crippen LogP contribution in [0.15, 0.2) is 12.7 Å². The van der Waals surface area contributed by atoms with Gasteiger partial charge in [0.25, 0.3) is 0 Å². The Kier molecular flexibility index (Phi) is 5.42. The molecule has 0 amide bonds. The Labute approximate surface area is 115 Å². The summed E-state index contributed by atoms with van der Waals surface area (Å²) in [6.07, 6.45) is 4.02. The summed E-state index contributed by atoms with van der Waals surface area (Å²) >= 11 is 6.28. The van der Waals surface area contributed by atoms with Crippen molar-refractivity contribution in [3.8, 4) is 0 Å². The van der Waals surface area contributed by atoms with Gasteiger partial charge in [0.15, 0.2) is 0 Å². The number of aromatic nitrogens is 2. The lowest BCUT2D eigenvalue weighted by Crippen LogP contribution is -2.32. The van der Waals surface area contributed by atoms with E-state index in [1.807, 2.05) is 20.0 Å². The standard InChI is InChI=1S/C14H24ClN3/c1-6-8-16-10-14(4,7-2)9-12-11(3)17-18(5)13(12)15/h7,16H,2,6,8-10H2,1,3-5H3. The molecule has 0 aromatic carbocycles. The zero-order valence-corrected chi connectivity index (χ0v) is 12.6. The van der Waals surface area contributed by atoms with Crippen LogP contribution in [-0.2, 0) is 13.5 Å². The van der Waals surface area contributed by atoms with Crippen LogP contribution in [0.4, 0.5) is 0 Å². The SMILES string of the molecule is C=CC(C)(CNCCC)Cc1c(C)nn(C)c1Cl. The molecule has 1 aromatic rings. The van der Waals surface area contributed by atoms with E-state index < -0.39 is 0 Å². The number of aryl methyl sites for hydroxylation is 2. The number of nitrogens with zero attached hydrogens (tertiary/aromatic N) is 2. The monoisotopic (exact) mass is 269 g/mol. The van der Waals surface area contributed by atoms with Gasteiger partial charge < -0.3 is 5.32 Å². The Morgan fingerprint density at radius 2 is 2.22 bits per heavy atom. The van der Waals surface area contributed by atoms with Crippen molar-refractivity contribution in [2.75, 3.05) is 13.1 Å². The summed E-state index contributed by atoms with van der Waals surface area (Å²) < 4.78 is 1.73. The van der Waals surface area contributed by atoms with Crippen LogP contribution in [0, 0.1) is 12.3 Å².